The Kier molecular flexibility index (Phi) is 8.69. The molecule has 0 rings (SSSR count). The van der Waals surface area contributed by atoms with Crippen molar-refractivity contribution in [1.29, 1.82) is 0 Å². The second kappa shape index (κ2) is 8.50. The van der Waals surface area contributed by atoms with Crippen molar-refractivity contribution in [3.8, 4) is 0 Å². The molecule has 0 radical (unpaired) electrons. The maximum absolute atomic E-state index is 2.39. The van der Waals surface area contributed by atoms with Gasteiger partial charge in [-0.15, -0.1) is 0 Å². The van der Waals surface area contributed by atoms with E-state index < -0.39 is 0 Å². The van der Waals surface area contributed by atoms with Gasteiger partial charge in [0.05, 0.1) is 0 Å². The SMILES string of the molecule is CC(C)CC(C)CSCC(C)CC(C)C. The molecule has 0 N–H and O–H groups in total. The predicted molar refractivity (Wildman–Crippen MR) is 74.6 cm³/mol. The minimum absolute atomic E-state index is 0.855. The van der Waals surface area contributed by atoms with Crippen LogP contribution >= 0.6 is 11.8 Å². The van der Waals surface area contributed by atoms with Crippen LogP contribution in [0.1, 0.15) is 54.4 Å². The third-order valence-electron chi connectivity index (χ3n) is 2.55. The summed E-state index contributed by atoms with van der Waals surface area (Å²) < 4.78 is 0. The molecule has 0 bridgehead atoms. The molecule has 0 nitrogen and oxygen atoms in total. The average molecular weight is 230 g/mol. The molecule has 0 saturated carbocycles. The largest absolute Gasteiger partial charge is 0.161 e. The highest BCUT2D eigenvalue weighted by molar-refractivity contribution is 7.99. The summed E-state index contributed by atoms with van der Waals surface area (Å²) in [5.74, 6) is 6.19. The lowest BCUT2D eigenvalue weighted by molar-refractivity contribution is 0.467. The Bertz CT molecular complexity index is 124. The second-order valence-corrected chi connectivity index (χ2v) is 7.08. The van der Waals surface area contributed by atoms with Crippen molar-refractivity contribution in [1.82, 2.24) is 0 Å². The standard InChI is InChI=1S/C14H30S/c1-11(2)7-13(5)9-15-10-14(6)8-12(3)4/h11-14H,7-10H2,1-6H3. The number of hydrogen-bond donors (Lipinski definition) is 0. The van der Waals surface area contributed by atoms with E-state index in [0.29, 0.717) is 0 Å². The van der Waals surface area contributed by atoms with Gasteiger partial charge in [0.1, 0.15) is 0 Å². The fourth-order valence-electron chi connectivity index (χ4n) is 2.22. The smallest absolute Gasteiger partial charge is 0.00416 e. The molecule has 0 aliphatic heterocycles. The number of thioether (sulfide) groups is 1. The molecule has 0 fully saturated rings. The van der Waals surface area contributed by atoms with Gasteiger partial charge in [-0.3, -0.25) is 0 Å². The van der Waals surface area contributed by atoms with Gasteiger partial charge in [0.25, 0.3) is 0 Å². The minimum Gasteiger partial charge on any atom is -0.161 e. The Labute approximate surface area is 102 Å². The normalized spacial score (nSPS) is 16.0. The monoisotopic (exact) mass is 230 g/mol. The molecule has 0 spiro atoms. The van der Waals surface area contributed by atoms with E-state index in [1.807, 2.05) is 0 Å². The highest BCUT2D eigenvalue weighted by atomic mass is 32.2. The molecule has 0 heterocycles. The van der Waals surface area contributed by atoms with Crippen LogP contribution in [0.3, 0.4) is 0 Å². The first-order chi connectivity index (χ1) is 6.91. The molecule has 15 heavy (non-hydrogen) atoms. The van der Waals surface area contributed by atoms with Crippen LogP contribution in [0.15, 0.2) is 0 Å². The van der Waals surface area contributed by atoms with Gasteiger partial charge in [-0.2, -0.15) is 11.8 Å². The van der Waals surface area contributed by atoms with E-state index in [9.17, 15) is 0 Å². The number of rotatable bonds is 8. The van der Waals surface area contributed by atoms with E-state index in [2.05, 4.69) is 53.3 Å². The Morgan fingerprint density at radius 2 is 1.00 bits per heavy atom. The first-order valence-electron chi connectivity index (χ1n) is 6.49. The summed E-state index contributed by atoms with van der Waals surface area (Å²) >= 11 is 2.15. The van der Waals surface area contributed by atoms with E-state index in [1.165, 1.54) is 24.3 Å². The van der Waals surface area contributed by atoms with E-state index in [0.717, 1.165) is 23.7 Å². The highest BCUT2D eigenvalue weighted by Crippen LogP contribution is 2.21. The van der Waals surface area contributed by atoms with Crippen LogP contribution in [0, 0.1) is 23.7 Å². The zero-order valence-electron chi connectivity index (χ0n) is 11.5. The quantitative estimate of drug-likeness (QED) is 0.560. The summed E-state index contributed by atoms with van der Waals surface area (Å²) in [6.45, 7) is 14.1. The fourth-order valence-corrected chi connectivity index (χ4v) is 3.43. The maximum atomic E-state index is 2.39. The van der Waals surface area contributed by atoms with Gasteiger partial charge in [0.2, 0.25) is 0 Å². The maximum Gasteiger partial charge on any atom is -0.00416 e. The first kappa shape index (κ1) is 15.3. The molecule has 0 aliphatic rings. The van der Waals surface area contributed by atoms with Crippen molar-refractivity contribution in [2.24, 2.45) is 23.7 Å². The van der Waals surface area contributed by atoms with Crippen LogP contribution in [0.2, 0.25) is 0 Å². The van der Waals surface area contributed by atoms with Gasteiger partial charge < -0.3 is 0 Å². The summed E-state index contributed by atoms with van der Waals surface area (Å²) in [6, 6.07) is 0. The van der Waals surface area contributed by atoms with E-state index in [-0.39, 0.29) is 0 Å². The highest BCUT2D eigenvalue weighted by Gasteiger charge is 2.08. The molecular weight excluding hydrogens is 200 g/mol. The average Bonchev–Trinajstić information content (AvgIpc) is 2.00. The molecule has 0 aromatic carbocycles. The predicted octanol–water partition coefficient (Wildman–Crippen LogP) is 5.08. The van der Waals surface area contributed by atoms with Gasteiger partial charge >= 0.3 is 0 Å². The molecule has 1 heteroatoms. The summed E-state index contributed by atoms with van der Waals surface area (Å²) in [5.41, 5.74) is 0. The summed E-state index contributed by atoms with van der Waals surface area (Å²) in [6.07, 6.45) is 2.76. The van der Waals surface area contributed by atoms with Gasteiger partial charge in [-0.25, -0.2) is 0 Å². The van der Waals surface area contributed by atoms with Gasteiger partial charge in [0.15, 0.2) is 0 Å². The van der Waals surface area contributed by atoms with Crippen molar-refractivity contribution in [3.63, 3.8) is 0 Å². The molecule has 0 aromatic heterocycles. The molecule has 0 aromatic rings. The molecule has 2 unspecified atom stereocenters. The fraction of sp³-hybridized carbons (Fsp3) is 1.00. The van der Waals surface area contributed by atoms with E-state index >= 15 is 0 Å². The van der Waals surface area contributed by atoms with Crippen LogP contribution in [-0.4, -0.2) is 11.5 Å². The summed E-state index contributed by atoms with van der Waals surface area (Å²) in [5, 5.41) is 0. The molecule has 0 amide bonds. The molecule has 92 valence electrons. The van der Waals surface area contributed by atoms with Crippen molar-refractivity contribution in [3.05, 3.63) is 0 Å². The molecule has 2 atom stereocenters. The van der Waals surface area contributed by atoms with Crippen LogP contribution in [0.25, 0.3) is 0 Å². The van der Waals surface area contributed by atoms with Gasteiger partial charge in [-0.1, -0.05) is 41.5 Å². The summed E-state index contributed by atoms with van der Waals surface area (Å²) in [4.78, 5) is 0. The molecule has 0 aliphatic carbocycles. The van der Waals surface area contributed by atoms with Gasteiger partial charge in [-0.05, 0) is 48.0 Å². The Hall–Kier alpha value is 0.350. The Morgan fingerprint density at radius 1 is 0.667 bits per heavy atom. The van der Waals surface area contributed by atoms with Crippen molar-refractivity contribution < 1.29 is 0 Å². The van der Waals surface area contributed by atoms with Crippen LogP contribution < -0.4 is 0 Å². The molecule has 0 saturated heterocycles. The zero-order valence-corrected chi connectivity index (χ0v) is 12.4. The number of hydrogen-bond acceptors (Lipinski definition) is 1. The topological polar surface area (TPSA) is 0 Å². The second-order valence-electron chi connectivity index (χ2n) is 6.01. The Morgan fingerprint density at radius 3 is 1.27 bits per heavy atom. The van der Waals surface area contributed by atoms with Gasteiger partial charge in [0, 0.05) is 0 Å². The third-order valence-corrected chi connectivity index (χ3v) is 4.16. The van der Waals surface area contributed by atoms with E-state index in [1.54, 1.807) is 0 Å². The Balaban J connectivity index is 3.44. The lowest BCUT2D eigenvalue weighted by Crippen LogP contribution is -2.07. The van der Waals surface area contributed by atoms with Crippen LogP contribution in [-0.2, 0) is 0 Å². The lowest BCUT2D eigenvalue weighted by Gasteiger charge is -2.16. The van der Waals surface area contributed by atoms with Crippen LogP contribution in [0.5, 0.6) is 0 Å². The van der Waals surface area contributed by atoms with E-state index in [4.69, 9.17) is 0 Å². The minimum atomic E-state index is 0.855. The van der Waals surface area contributed by atoms with Crippen molar-refractivity contribution in [2.45, 2.75) is 54.4 Å². The van der Waals surface area contributed by atoms with Crippen molar-refractivity contribution in [2.75, 3.05) is 11.5 Å². The molecular formula is C14H30S. The van der Waals surface area contributed by atoms with Crippen molar-refractivity contribution >= 4 is 11.8 Å². The van der Waals surface area contributed by atoms with Crippen LogP contribution in [0.4, 0.5) is 0 Å². The first-order valence-corrected chi connectivity index (χ1v) is 7.65. The lowest BCUT2D eigenvalue weighted by atomic mass is 10.0. The summed E-state index contributed by atoms with van der Waals surface area (Å²) in [7, 11) is 0. The third kappa shape index (κ3) is 10.6. The zero-order chi connectivity index (χ0) is 11.8.